The van der Waals surface area contributed by atoms with E-state index in [-0.39, 0.29) is 12.5 Å². The molecule has 3 rings (SSSR count). The number of hydrogen-bond acceptors (Lipinski definition) is 5. The summed E-state index contributed by atoms with van der Waals surface area (Å²) in [6, 6.07) is 22.2. The lowest BCUT2D eigenvalue weighted by Crippen LogP contribution is -2.20. The van der Waals surface area contributed by atoms with Crippen molar-refractivity contribution < 1.29 is 23.7 Å². The Balaban J connectivity index is 1.50. The largest absolute Gasteiger partial charge is 0.497 e. The van der Waals surface area contributed by atoms with Gasteiger partial charge in [-0.1, -0.05) is 30.3 Å². The molecule has 150 valence electrons. The third-order valence-corrected chi connectivity index (χ3v) is 4.12. The van der Waals surface area contributed by atoms with Crippen molar-refractivity contribution in [3.63, 3.8) is 0 Å². The molecule has 0 aliphatic rings. The van der Waals surface area contributed by atoms with E-state index in [9.17, 15) is 4.79 Å². The van der Waals surface area contributed by atoms with Gasteiger partial charge in [0.1, 0.15) is 29.6 Å². The molecule has 6 heteroatoms. The maximum Gasteiger partial charge on any atom is 0.262 e. The second kappa shape index (κ2) is 10.0. The molecule has 0 bridgehead atoms. The van der Waals surface area contributed by atoms with Gasteiger partial charge in [0, 0.05) is 6.07 Å². The number of carbonyl (C=O) groups excluding carboxylic acids is 1. The molecule has 1 amide bonds. The second-order valence-electron chi connectivity index (χ2n) is 6.15. The van der Waals surface area contributed by atoms with E-state index in [4.69, 9.17) is 18.9 Å². The van der Waals surface area contributed by atoms with Crippen molar-refractivity contribution in [3.05, 3.63) is 78.4 Å². The molecule has 0 fully saturated rings. The third kappa shape index (κ3) is 5.90. The van der Waals surface area contributed by atoms with Crippen LogP contribution in [0.15, 0.2) is 72.8 Å². The lowest BCUT2D eigenvalue weighted by Gasteiger charge is -2.12. The van der Waals surface area contributed by atoms with E-state index >= 15 is 0 Å². The molecule has 29 heavy (non-hydrogen) atoms. The summed E-state index contributed by atoms with van der Waals surface area (Å²) in [5, 5.41) is 2.76. The van der Waals surface area contributed by atoms with Gasteiger partial charge in [-0.2, -0.15) is 0 Å². The lowest BCUT2D eigenvalue weighted by molar-refractivity contribution is -0.118. The number of ether oxygens (including phenoxy) is 4. The van der Waals surface area contributed by atoms with E-state index in [1.165, 1.54) is 7.11 Å². The average Bonchev–Trinajstić information content (AvgIpc) is 2.77. The van der Waals surface area contributed by atoms with Crippen LogP contribution in [0.5, 0.6) is 23.0 Å². The summed E-state index contributed by atoms with van der Waals surface area (Å²) in [7, 11) is 3.10. The fourth-order valence-corrected chi connectivity index (χ4v) is 2.62. The predicted molar refractivity (Wildman–Crippen MR) is 111 cm³/mol. The fourth-order valence-electron chi connectivity index (χ4n) is 2.62. The topological polar surface area (TPSA) is 66.0 Å². The summed E-state index contributed by atoms with van der Waals surface area (Å²) in [4.78, 5) is 12.2. The van der Waals surface area contributed by atoms with Crippen molar-refractivity contribution in [1.82, 2.24) is 0 Å². The SMILES string of the molecule is COc1ccc(OC)c(NC(=O)COc2ccc(OCc3ccccc3)cc2)c1. The van der Waals surface area contributed by atoms with E-state index in [1.54, 1.807) is 49.6 Å². The van der Waals surface area contributed by atoms with E-state index < -0.39 is 0 Å². The van der Waals surface area contributed by atoms with E-state index in [2.05, 4.69) is 5.32 Å². The minimum atomic E-state index is -0.305. The fraction of sp³-hybridized carbons (Fsp3) is 0.174. The Morgan fingerprint density at radius 3 is 2.10 bits per heavy atom. The number of carbonyl (C=O) groups is 1. The van der Waals surface area contributed by atoms with Crippen LogP contribution in [0.4, 0.5) is 5.69 Å². The van der Waals surface area contributed by atoms with Gasteiger partial charge < -0.3 is 24.3 Å². The molecule has 0 atom stereocenters. The highest BCUT2D eigenvalue weighted by molar-refractivity contribution is 5.93. The van der Waals surface area contributed by atoms with Crippen molar-refractivity contribution >= 4 is 11.6 Å². The van der Waals surface area contributed by atoms with Crippen molar-refractivity contribution in [1.29, 1.82) is 0 Å². The molecule has 0 aromatic heterocycles. The predicted octanol–water partition coefficient (Wildman–Crippen LogP) is 4.30. The number of nitrogens with one attached hydrogen (secondary N) is 1. The first-order chi connectivity index (χ1) is 14.2. The average molecular weight is 393 g/mol. The third-order valence-electron chi connectivity index (χ3n) is 4.12. The molecule has 0 radical (unpaired) electrons. The Labute approximate surface area is 170 Å². The van der Waals surface area contributed by atoms with Crippen LogP contribution >= 0.6 is 0 Å². The smallest absolute Gasteiger partial charge is 0.262 e. The minimum Gasteiger partial charge on any atom is -0.497 e. The lowest BCUT2D eigenvalue weighted by atomic mass is 10.2. The van der Waals surface area contributed by atoms with E-state index in [0.717, 1.165) is 11.3 Å². The standard InChI is InChI=1S/C23H23NO5/c1-26-20-12-13-22(27-2)21(14-20)24-23(25)16-29-19-10-8-18(9-11-19)28-15-17-6-4-3-5-7-17/h3-14H,15-16H2,1-2H3,(H,24,25). The molecule has 3 aromatic carbocycles. The molecule has 0 aliphatic carbocycles. The molecule has 3 aromatic rings. The number of rotatable bonds is 9. The van der Waals surface area contributed by atoms with Gasteiger partial charge >= 0.3 is 0 Å². The van der Waals surface area contributed by atoms with E-state index in [0.29, 0.717) is 29.5 Å². The first-order valence-corrected chi connectivity index (χ1v) is 9.09. The van der Waals surface area contributed by atoms with Crippen LogP contribution in [0.3, 0.4) is 0 Å². The molecule has 1 N–H and O–H groups in total. The number of methoxy groups -OCH3 is 2. The Bertz CT molecular complexity index is 926. The Hall–Kier alpha value is -3.67. The highest BCUT2D eigenvalue weighted by atomic mass is 16.5. The summed E-state index contributed by atoms with van der Waals surface area (Å²) in [6.45, 7) is 0.358. The van der Waals surface area contributed by atoms with Gasteiger partial charge in [-0.05, 0) is 42.0 Å². The number of hydrogen-bond donors (Lipinski definition) is 1. The molecule has 0 saturated heterocycles. The summed E-state index contributed by atoms with van der Waals surface area (Å²) >= 11 is 0. The van der Waals surface area contributed by atoms with Crippen LogP contribution in [-0.4, -0.2) is 26.7 Å². The molecule has 0 saturated carbocycles. The maximum atomic E-state index is 12.2. The van der Waals surface area contributed by atoms with Crippen LogP contribution in [0, 0.1) is 0 Å². The second-order valence-corrected chi connectivity index (χ2v) is 6.15. The molecule has 0 heterocycles. The van der Waals surface area contributed by atoms with Crippen LogP contribution < -0.4 is 24.3 Å². The van der Waals surface area contributed by atoms with Gasteiger partial charge in [0.2, 0.25) is 0 Å². The zero-order chi connectivity index (χ0) is 20.5. The van der Waals surface area contributed by atoms with Crippen LogP contribution in [0.2, 0.25) is 0 Å². The highest BCUT2D eigenvalue weighted by Crippen LogP contribution is 2.28. The summed E-state index contributed by atoms with van der Waals surface area (Å²) < 4.78 is 21.7. The van der Waals surface area contributed by atoms with Gasteiger partial charge in [-0.15, -0.1) is 0 Å². The van der Waals surface area contributed by atoms with Crippen LogP contribution in [0.1, 0.15) is 5.56 Å². The van der Waals surface area contributed by atoms with Gasteiger partial charge in [0.25, 0.3) is 5.91 Å². The van der Waals surface area contributed by atoms with Crippen LogP contribution in [-0.2, 0) is 11.4 Å². The summed E-state index contributed by atoms with van der Waals surface area (Å²) in [5.41, 5.74) is 1.61. The molecular formula is C23H23NO5. The zero-order valence-electron chi connectivity index (χ0n) is 16.4. The first kappa shape index (κ1) is 20.1. The minimum absolute atomic E-state index is 0.134. The Morgan fingerprint density at radius 1 is 0.793 bits per heavy atom. The first-order valence-electron chi connectivity index (χ1n) is 9.09. The quantitative estimate of drug-likeness (QED) is 0.587. The van der Waals surface area contributed by atoms with Gasteiger partial charge in [0.05, 0.1) is 19.9 Å². The number of benzene rings is 3. The molecule has 0 unspecified atom stereocenters. The van der Waals surface area contributed by atoms with Crippen molar-refractivity contribution in [2.45, 2.75) is 6.61 Å². The summed E-state index contributed by atoms with van der Waals surface area (Å²) in [5.74, 6) is 2.16. The van der Waals surface area contributed by atoms with Crippen molar-refractivity contribution in [2.24, 2.45) is 0 Å². The van der Waals surface area contributed by atoms with Crippen molar-refractivity contribution in [2.75, 3.05) is 26.1 Å². The number of amides is 1. The molecule has 6 nitrogen and oxygen atoms in total. The molecular weight excluding hydrogens is 370 g/mol. The van der Waals surface area contributed by atoms with Crippen molar-refractivity contribution in [3.8, 4) is 23.0 Å². The van der Waals surface area contributed by atoms with Gasteiger partial charge in [-0.25, -0.2) is 0 Å². The maximum absolute atomic E-state index is 12.2. The number of anilines is 1. The van der Waals surface area contributed by atoms with Crippen LogP contribution in [0.25, 0.3) is 0 Å². The molecule has 0 spiro atoms. The normalized spacial score (nSPS) is 10.1. The molecule has 0 aliphatic heterocycles. The van der Waals surface area contributed by atoms with Gasteiger partial charge in [0.15, 0.2) is 6.61 Å². The van der Waals surface area contributed by atoms with E-state index in [1.807, 2.05) is 30.3 Å². The monoisotopic (exact) mass is 393 g/mol. The summed E-state index contributed by atoms with van der Waals surface area (Å²) in [6.07, 6.45) is 0. The zero-order valence-corrected chi connectivity index (χ0v) is 16.4. The Kier molecular flexibility index (Phi) is 6.95. The van der Waals surface area contributed by atoms with Gasteiger partial charge in [-0.3, -0.25) is 4.79 Å². The Morgan fingerprint density at radius 2 is 1.45 bits per heavy atom. The highest BCUT2D eigenvalue weighted by Gasteiger charge is 2.10.